The topological polar surface area (TPSA) is 107 Å². The van der Waals surface area contributed by atoms with Crippen molar-refractivity contribution in [2.45, 2.75) is 62.6 Å². The number of aliphatic carboxylic acids is 1. The molecule has 1 aliphatic carbocycles. The number of hydrogen-bond acceptors (Lipinski definition) is 4. The normalized spacial score (nSPS) is 22.4. The molecule has 7 nitrogen and oxygen atoms in total. The fraction of sp³-hybridized carbons (Fsp3) is 0.344. The van der Waals surface area contributed by atoms with Gasteiger partial charge in [-0.3, -0.25) is 14.4 Å². The zero-order chi connectivity index (χ0) is 28.2. The standard InChI is InChI=1S/C32H33ClN2O5/c33-23-15-13-22(14-16-23)30-29(31(39)34-18-17-20-9-11-21(12-10-20)19-28(37)38)24-5-1-2-6-25(24)32(40)35(30)26-7-3-4-8-27(26)36/h1-2,5-6,9-16,26-27,29-30,36H,3-4,7-8,17-19H2,(H,34,39)(H,37,38)/t26-,27-,29+,30-/m0/s1. The predicted molar refractivity (Wildman–Crippen MR) is 152 cm³/mol. The average Bonchev–Trinajstić information content (AvgIpc) is 2.94. The van der Waals surface area contributed by atoms with Gasteiger partial charge >= 0.3 is 5.97 Å². The molecule has 40 heavy (non-hydrogen) atoms. The summed E-state index contributed by atoms with van der Waals surface area (Å²) in [5.41, 5.74) is 3.65. The van der Waals surface area contributed by atoms with Gasteiger partial charge in [-0.25, -0.2) is 0 Å². The molecule has 0 saturated heterocycles. The lowest BCUT2D eigenvalue weighted by Crippen LogP contribution is -2.55. The van der Waals surface area contributed by atoms with E-state index in [2.05, 4.69) is 5.32 Å². The first-order chi connectivity index (χ1) is 19.3. The van der Waals surface area contributed by atoms with E-state index in [4.69, 9.17) is 16.7 Å². The van der Waals surface area contributed by atoms with Gasteiger partial charge in [0.05, 0.1) is 30.5 Å². The van der Waals surface area contributed by atoms with Crippen LogP contribution in [0.15, 0.2) is 72.8 Å². The van der Waals surface area contributed by atoms with Crippen molar-refractivity contribution >= 4 is 29.4 Å². The van der Waals surface area contributed by atoms with E-state index >= 15 is 0 Å². The maximum atomic E-state index is 14.0. The van der Waals surface area contributed by atoms with E-state index < -0.39 is 30.1 Å². The summed E-state index contributed by atoms with van der Waals surface area (Å²) in [5.74, 6) is -1.93. The highest BCUT2D eigenvalue weighted by molar-refractivity contribution is 6.30. The molecule has 0 unspecified atom stereocenters. The largest absolute Gasteiger partial charge is 0.481 e. The van der Waals surface area contributed by atoms with Crippen molar-refractivity contribution < 1.29 is 24.6 Å². The Kier molecular flexibility index (Phi) is 8.52. The summed E-state index contributed by atoms with van der Waals surface area (Å²) in [6.45, 7) is 0.378. The summed E-state index contributed by atoms with van der Waals surface area (Å²) < 4.78 is 0. The van der Waals surface area contributed by atoms with Crippen LogP contribution in [0.5, 0.6) is 0 Å². The average molecular weight is 561 g/mol. The third-order valence-electron chi connectivity index (χ3n) is 8.01. The van der Waals surface area contributed by atoms with Gasteiger partial charge in [-0.05, 0) is 59.7 Å². The number of carboxylic acids is 1. The predicted octanol–water partition coefficient (Wildman–Crippen LogP) is 4.91. The molecule has 2 amide bonds. The molecule has 1 saturated carbocycles. The third-order valence-corrected chi connectivity index (χ3v) is 8.26. The number of aliphatic hydroxyl groups is 1. The molecule has 1 heterocycles. The van der Waals surface area contributed by atoms with Crippen LogP contribution in [0.4, 0.5) is 0 Å². The van der Waals surface area contributed by atoms with Gasteiger partial charge in [0, 0.05) is 17.1 Å². The minimum atomic E-state index is -0.878. The second kappa shape index (κ2) is 12.2. The van der Waals surface area contributed by atoms with E-state index in [-0.39, 0.29) is 18.2 Å². The van der Waals surface area contributed by atoms with Gasteiger partial charge in [0.1, 0.15) is 0 Å². The van der Waals surface area contributed by atoms with Crippen LogP contribution in [0.2, 0.25) is 5.02 Å². The third kappa shape index (κ3) is 5.91. The van der Waals surface area contributed by atoms with Crippen molar-refractivity contribution in [2.75, 3.05) is 6.54 Å². The van der Waals surface area contributed by atoms with Crippen LogP contribution in [-0.2, 0) is 22.4 Å². The number of rotatable bonds is 8. The maximum Gasteiger partial charge on any atom is 0.307 e. The molecule has 0 radical (unpaired) electrons. The SMILES string of the molecule is O=C(O)Cc1ccc(CCNC(=O)[C@@H]2c3ccccc3C(=O)N([C@H]3CCCC[C@@H]3O)[C@H]2c2ccc(Cl)cc2)cc1. The zero-order valence-corrected chi connectivity index (χ0v) is 22.9. The maximum absolute atomic E-state index is 14.0. The Morgan fingerprint density at radius 2 is 1.60 bits per heavy atom. The van der Waals surface area contributed by atoms with Gasteiger partial charge in [0.15, 0.2) is 0 Å². The summed E-state index contributed by atoms with van der Waals surface area (Å²) in [4.78, 5) is 40.7. The van der Waals surface area contributed by atoms with Gasteiger partial charge in [-0.1, -0.05) is 79.0 Å². The molecule has 0 spiro atoms. The Balaban J connectivity index is 1.45. The molecule has 3 aromatic carbocycles. The first-order valence-electron chi connectivity index (χ1n) is 13.8. The van der Waals surface area contributed by atoms with Crippen molar-refractivity contribution in [3.05, 3.63) is 106 Å². The van der Waals surface area contributed by atoms with Crippen LogP contribution in [-0.4, -0.2) is 51.6 Å². The number of carbonyl (C=O) groups excluding carboxylic acids is 2. The number of carboxylic acid groups (broad SMARTS) is 1. The monoisotopic (exact) mass is 560 g/mol. The molecule has 3 aromatic rings. The molecule has 0 aromatic heterocycles. The van der Waals surface area contributed by atoms with Crippen molar-refractivity contribution in [3.8, 4) is 0 Å². The second-order valence-electron chi connectivity index (χ2n) is 10.6. The number of nitrogens with zero attached hydrogens (tertiary/aromatic N) is 1. The van der Waals surface area contributed by atoms with E-state index in [1.165, 1.54) is 0 Å². The summed E-state index contributed by atoms with van der Waals surface area (Å²) in [6, 6.07) is 20.8. The number of halogens is 1. The van der Waals surface area contributed by atoms with Crippen LogP contribution < -0.4 is 5.32 Å². The summed E-state index contributed by atoms with van der Waals surface area (Å²) in [7, 11) is 0. The highest BCUT2D eigenvalue weighted by Crippen LogP contribution is 2.46. The highest BCUT2D eigenvalue weighted by Gasteiger charge is 2.48. The summed E-state index contributed by atoms with van der Waals surface area (Å²) >= 11 is 6.20. The number of fused-ring (bicyclic) bond motifs is 1. The molecule has 1 aliphatic heterocycles. The van der Waals surface area contributed by atoms with E-state index in [0.29, 0.717) is 42.0 Å². The lowest BCUT2D eigenvalue weighted by molar-refractivity contribution is -0.136. The van der Waals surface area contributed by atoms with Crippen LogP contribution in [0.1, 0.15) is 70.3 Å². The van der Waals surface area contributed by atoms with Crippen molar-refractivity contribution in [1.29, 1.82) is 0 Å². The smallest absolute Gasteiger partial charge is 0.307 e. The summed E-state index contributed by atoms with van der Waals surface area (Å²) in [5, 5.41) is 23.6. The molecule has 208 valence electrons. The van der Waals surface area contributed by atoms with Gasteiger partial charge in [0.25, 0.3) is 5.91 Å². The highest BCUT2D eigenvalue weighted by atomic mass is 35.5. The fourth-order valence-electron chi connectivity index (χ4n) is 6.07. The van der Waals surface area contributed by atoms with E-state index in [0.717, 1.165) is 29.5 Å². The number of hydrogen-bond donors (Lipinski definition) is 3. The minimum Gasteiger partial charge on any atom is -0.481 e. The lowest BCUT2D eigenvalue weighted by atomic mass is 9.76. The Bertz CT molecular complexity index is 1370. The van der Waals surface area contributed by atoms with Crippen LogP contribution in [0, 0.1) is 0 Å². The molecule has 4 atom stereocenters. The number of amides is 2. The molecular weight excluding hydrogens is 528 g/mol. The van der Waals surface area contributed by atoms with Crippen LogP contribution in [0.3, 0.4) is 0 Å². The Hall–Kier alpha value is -3.68. The molecule has 3 N–H and O–H groups in total. The molecule has 5 rings (SSSR count). The van der Waals surface area contributed by atoms with Crippen LogP contribution >= 0.6 is 11.6 Å². The van der Waals surface area contributed by atoms with E-state index in [1.54, 1.807) is 41.3 Å². The van der Waals surface area contributed by atoms with Gasteiger partial charge in [0.2, 0.25) is 5.91 Å². The summed E-state index contributed by atoms with van der Waals surface area (Å²) in [6.07, 6.45) is 2.98. The van der Waals surface area contributed by atoms with Gasteiger partial charge in [-0.15, -0.1) is 0 Å². The molecular formula is C32H33ClN2O5. The Morgan fingerprint density at radius 1 is 0.925 bits per heavy atom. The number of benzene rings is 3. The molecule has 1 fully saturated rings. The fourth-order valence-corrected chi connectivity index (χ4v) is 6.19. The molecule has 0 bridgehead atoms. The van der Waals surface area contributed by atoms with E-state index in [9.17, 15) is 19.5 Å². The quantitative estimate of drug-likeness (QED) is 0.363. The first-order valence-corrected chi connectivity index (χ1v) is 14.1. The van der Waals surface area contributed by atoms with Crippen molar-refractivity contribution in [2.24, 2.45) is 0 Å². The van der Waals surface area contributed by atoms with Gasteiger partial charge in [-0.2, -0.15) is 0 Å². The van der Waals surface area contributed by atoms with Gasteiger partial charge < -0.3 is 20.4 Å². The molecule has 8 heteroatoms. The zero-order valence-electron chi connectivity index (χ0n) is 22.1. The lowest BCUT2D eigenvalue weighted by Gasteiger charge is -2.48. The Morgan fingerprint density at radius 3 is 2.30 bits per heavy atom. The number of carbonyl (C=O) groups is 3. The second-order valence-corrected chi connectivity index (χ2v) is 11.1. The van der Waals surface area contributed by atoms with Crippen molar-refractivity contribution in [1.82, 2.24) is 10.2 Å². The van der Waals surface area contributed by atoms with Crippen LogP contribution in [0.25, 0.3) is 0 Å². The number of aliphatic hydroxyl groups excluding tert-OH is 1. The minimum absolute atomic E-state index is 0.0326. The van der Waals surface area contributed by atoms with Crippen molar-refractivity contribution in [3.63, 3.8) is 0 Å². The first kappa shape index (κ1) is 27.9. The molecule has 2 aliphatic rings. The number of nitrogens with one attached hydrogen (secondary N) is 1. The van der Waals surface area contributed by atoms with E-state index in [1.807, 2.05) is 36.4 Å². The Labute approximate surface area is 238 Å².